The Morgan fingerprint density at radius 3 is 2.45 bits per heavy atom. The predicted octanol–water partition coefficient (Wildman–Crippen LogP) is 6.31. The molecule has 0 aliphatic heterocycles. The van der Waals surface area contributed by atoms with Crippen LogP contribution in [-0.4, -0.2) is 28.3 Å². The molecule has 1 saturated carbocycles. The molecule has 1 aromatic heterocycles. The normalized spacial score (nSPS) is 19.0. The highest BCUT2D eigenvalue weighted by Gasteiger charge is 2.28. The largest absolute Gasteiger partial charge is 0.349 e. The number of benzene rings is 2. The van der Waals surface area contributed by atoms with Gasteiger partial charge in [-0.25, -0.2) is 18.2 Å². The number of anilines is 2. The molecule has 0 bridgehead atoms. The molecular formula is C21H19Cl2F3N4O. The molecule has 1 amide bonds. The van der Waals surface area contributed by atoms with Crippen LogP contribution in [0.5, 0.6) is 0 Å². The monoisotopic (exact) mass is 470 g/mol. The molecule has 1 heterocycles. The number of nitrogens with zero attached hydrogens (tertiary/aromatic N) is 1. The van der Waals surface area contributed by atoms with Crippen molar-refractivity contribution < 1.29 is 18.0 Å². The van der Waals surface area contributed by atoms with Gasteiger partial charge in [-0.1, -0.05) is 29.3 Å². The van der Waals surface area contributed by atoms with Crippen molar-refractivity contribution in [1.82, 2.24) is 15.3 Å². The number of hydrogen-bond donors (Lipinski definition) is 3. The van der Waals surface area contributed by atoms with Crippen molar-refractivity contribution in [3.63, 3.8) is 0 Å². The maximum absolute atomic E-state index is 14.6. The van der Waals surface area contributed by atoms with Crippen LogP contribution in [0.3, 0.4) is 0 Å². The Morgan fingerprint density at radius 1 is 1.13 bits per heavy atom. The van der Waals surface area contributed by atoms with E-state index >= 15 is 0 Å². The quantitative estimate of drug-likeness (QED) is 0.409. The summed E-state index contributed by atoms with van der Waals surface area (Å²) >= 11 is 12.3. The number of fused-ring (bicyclic) bond motifs is 1. The number of carbonyl (C=O) groups excluding carboxylic acids is 1. The first kappa shape index (κ1) is 21.8. The SMILES string of the molecule is O=C(NC1CCC(C(F)F)CC1)c1cc2nc(Nc3c(Cl)cccc3Cl)[nH]c2cc1F. The lowest BCUT2D eigenvalue weighted by atomic mass is 9.86. The molecule has 4 rings (SSSR count). The average Bonchev–Trinajstić information content (AvgIpc) is 3.11. The number of aromatic amines is 1. The van der Waals surface area contributed by atoms with Gasteiger partial charge in [0.1, 0.15) is 5.82 Å². The Hall–Kier alpha value is -2.45. The number of aromatic nitrogens is 2. The third-order valence-corrected chi connectivity index (χ3v) is 6.11. The van der Waals surface area contributed by atoms with E-state index in [0.717, 1.165) is 0 Å². The minimum Gasteiger partial charge on any atom is -0.349 e. The van der Waals surface area contributed by atoms with Gasteiger partial charge >= 0.3 is 0 Å². The summed E-state index contributed by atoms with van der Waals surface area (Å²) < 4.78 is 40.2. The number of halogens is 5. The number of H-pyrrole nitrogens is 1. The number of hydrogen-bond acceptors (Lipinski definition) is 3. The first-order valence-electron chi connectivity index (χ1n) is 9.81. The fraction of sp³-hybridized carbons (Fsp3) is 0.333. The van der Waals surface area contributed by atoms with Gasteiger partial charge in [-0.2, -0.15) is 0 Å². The molecule has 5 nitrogen and oxygen atoms in total. The second kappa shape index (κ2) is 8.96. The smallest absolute Gasteiger partial charge is 0.254 e. The molecule has 164 valence electrons. The van der Waals surface area contributed by atoms with E-state index in [4.69, 9.17) is 23.2 Å². The lowest BCUT2D eigenvalue weighted by Crippen LogP contribution is -2.38. The van der Waals surface area contributed by atoms with Crippen LogP contribution in [0, 0.1) is 11.7 Å². The molecule has 0 atom stereocenters. The Bertz CT molecular complexity index is 1090. The third kappa shape index (κ3) is 4.75. The number of para-hydroxylation sites is 1. The minimum atomic E-state index is -2.35. The third-order valence-electron chi connectivity index (χ3n) is 5.48. The van der Waals surface area contributed by atoms with Crippen LogP contribution < -0.4 is 10.6 Å². The zero-order valence-electron chi connectivity index (χ0n) is 16.2. The van der Waals surface area contributed by atoms with Crippen LogP contribution in [0.4, 0.5) is 24.8 Å². The Kier molecular flexibility index (Phi) is 6.29. The van der Waals surface area contributed by atoms with Crippen LogP contribution in [0.1, 0.15) is 36.0 Å². The molecular weight excluding hydrogens is 452 g/mol. The number of rotatable bonds is 5. The van der Waals surface area contributed by atoms with Gasteiger partial charge in [-0.3, -0.25) is 4.79 Å². The molecule has 0 saturated heterocycles. The summed E-state index contributed by atoms with van der Waals surface area (Å²) in [7, 11) is 0. The van der Waals surface area contributed by atoms with Crippen molar-refractivity contribution in [2.45, 2.75) is 38.2 Å². The van der Waals surface area contributed by atoms with Gasteiger partial charge in [0.15, 0.2) is 0 Å². The Morgan fingerprint density at radius 2 is 1.81 bits per heavy atom. The Labute approximate surface area is 186 Å². The first-order valence-corrected chi connectivity index (χ1v) is 10.6. The van der Waals surface area contributed by atoms with Crippen molar-refractivity contribution in [2.24, 2.45) is 5.92 Å². The lowest BCUT2D eigenvalue weighted by Gasteiger charge is -2.28. The molecule has 3 N–H and O–H groups in total. The van der Waals surface area contributed by atoms with Crippen LogP contribution in [-0.2, 0) is 0 Å². The second-order valence-corrected chi connectivity index (χ2v) is 8.39. The molecule has 2 aromatic carbocycles. The van der Waals surface area contributed by atoms with Crippen molar-refractivity contribution in [2.75, 3.05) is 5.32 Å². The highest BCUT2D eigenvalue weighted by atomic mass is 35.5. The van der Waals surface area contributed by atoms with Crippen LogP contribution in [0.15, 0.2) is 30.3 Å². The second-order valence-electron chi connectivity index (χ2n) is 7.58. The van der Waals surface area contributed by atoms with E-state index in [0.29, 0.717) is 52.4 Å². The molecule has 1 aliphatic carbocycles. The van der Waals surface area contributed by atoms with E-state index in [-0.39, 0.29) is 17.6 Å². The van der Waals surface area contributed by atoms with Gasteiger partial charge in [0.25, 0.3) is 5.91 Å². The average molecular weight is 471 g/mol. The molecule has 1 aliphatic rings. The van der Waals surface area contributed by atoms with Gasteiger partial charge in [-0.05, 0) is 43.9 Å². The fourth-order valence-corrected chi connectivity index (χ4v) is 4.27. The highest BCUT2D eigenvalue weighted by molar-refractivity contribution is 6.39. The summed E-state index contributed by atoms with van der Waals surface area (Å²) in [5, 5.41) is 6.49. The number of alkyl halides is 2. The number of imidazole rings is 1. The summed E-state index contributed by atoms with van der Waals surface area (Å²) in [5.41, 5.74) is 1.05. The molecule has 0 radical (unpaired) electrons. The molecule has 0 spiro atoms. The fourth-order valence-electron chi connectivity index (χ4n) is 3.78. The zero-order chi connectivity index (χ0) is 22.1. The Balaban J connectivity index is 1.50. The van der Waals surface area contributed by atoms with Crippen LogP contribution in [0.25, 0.3) is 11.0 Å². The maximum atomic E-state index is 14.6. The van der Waals surface area contributed by atoms with Gasteiger partial charge in [-0.15, -0.1) is 0 Å². The minimum absolute atomic E-state index is 0.155. The van der Waals surface area contributed by atoms with Gasteiger partial charge < -0.3 is 15.6 Å². The summed E-state index contributed by atoms with van der Waals surface area (Å²) in [6.45, 7) is 0. The van der Waals surface area contributed by atoms with Crippen LogP contribution in [0.2, 0.25) is 10.0 Å². The highest BCUT2D eigenvalue weighted by Crippen LogP contribution is 2.33. The molecule has 31 heavy (non-hydrogen) atoms. The van der Waals surface area contributed by atoms with E-state index in [1.54, 1.807) is 18.2 Å². The van der Waals surface area contributed by atoms with Crippen molar-refractivity contribution in [3.8, 4) is 0 Å². The van der Waals surface area contributed by atoms with Gasteiger partial charge in [0.05, 0.1) is 32.3 Å². The number of carbonyl (C=O) groups is 1. The van der Waals surface area contributed by atoms with Gasteiger partial charge in [0, 0.05) is 18.0 Å². The van der Waals surface area contributed by atoms with Crippen molar-refractivity contribution >= 4 is 51.8 Å². The van der Waals surface area contributed by atoms with E-state index < -0.39 is 24.1 Å². The van der Waals surface area contributed by atoms with Crippen molar-refractivity contribution in [3.05, 3.63) is 51.8 Å². The maximum Gasteiger partial charge on any atom is 0.254 e. The summed E-state index contributed by atoms with van der Waals surface area (Å²) in [5.74, 6) is -1.65. The zero-order valence-corrected chi connectivity index (χ0v) is 17.7. The van der Waals surface area contributed by atoms with E-state index in [9.17, 15) is 18.0 Å². The summed E-state index contributed by atoms with van der Waals surface area (Å²) in [6.07, 6.45) is -0.786. The number of amides is 1. The summed E-state index contributed by atoms with van der Waals surface area (Å²) in [6, 6.07) is 7.31. The standard InChI is InChI=1S/C21H19Cl2F3N4O/c22-13-2-1-3-14(23)18(13)30-21-28-16-8-12(15(24)9-17(16)29-21)20(31)27-11-6-4-10(5-7-11)19(25)26/h1-3,8-11,19H,4-7H2,(H,27,31)(H2,28,29,30). The van der Waals surface area contributed by atoms with Gasteiger partial charge in [0.2, 0.25) is 12.4 Å². The molecule has 10 heteroatoms. The topological polar surface area (TPSA) is 69.8 Å². The van der Waals surface area contributed by atoms with E-state index in [1.165, 1.54) is 12.1 Å². The first-order chi connectivity index (χ1) is 14.8. The molecule has 0 unspecified atom stereocenters. The van der Waals surface area contributed by atoms with E-state index in [2.05, 4.69) is 20.6 Å². The summed E-state index contributed by atoms with van der Waals surface area (Å²) in [4.78, 5) is 19.8. The lowest BCUT2D eigenvalue weighted by molar-refractivity contribution is 0.0499. The van der Waals surface area contributed by atoms with Crippen LogP contribution >= 0.6 is 23.2 Å². The van der Waals surface area contributed by atoms with E-state index in [1.807, 2.05) is 0 Å². The van der Waals surface area contributed by atoms with Crippen molar-refractivity contribution in [1.29, 1.82) is 0 Å². The number of nitrogens with one attached hydrogen (secondary N) is 3. The molecule has 3 aromatic rings. The predicted molar refractivity (Wildman–Crippen MR) is 115 cm³/mol. The molecule has 1 fully saturated rings.